The van der Waals surface area contributed by atoms with Crippen LogP contribution in [-0.2, 0) is 4.79 Å². The predicted octanol–water partition coefficient (Wildman–Crippen LogP) is 1.90. The van der Waals surface area contributed by atoms with Gasteiger partial charge in [0.15, 0.2) is 5.82 Å². The number of hydrogen-bond acceptors (Lipinski definition) is 4. The predicted molar refractivity (Wildman–Crippen MR) is 70.3 cm³/mol. The van der Waals surface area contributed by atoms with Crippen molar-refractivity contribution in [1.82, 2.24) is 14.9 Å². The topological polar surface area (TPSA) is 58.1 Å². The van der Waals surface area contributed by atoms with E-state index in [0.717, 1.165) is 36.7 Å². The minimum Gasteiger partial charge on any atom is -0.373 e. The van der Waals surface area contributed by atoms with Gasteiger partial charge < -0.3 is 10.2 Å². The molecule has 1 N–H and O–H groups in total. The van der Waals surface area contributed by atoms with Crippen LogP contribution >= 0.6 is 0 Å². The normalized spacial score (nSPS) is 19.1. The molecule has 5 nitrogen and oxygen atoms in total. The zero-order valence-electron chi connectivity index (χ0n) is 11.2. The molecule has 1 saturated heterocycles. The van der Waals surface area contributed by atoms with Crippen LogP contribution in [0.4, 0.5) is 5.82 Å². The summed E-state index contributed by atoms with van der Waals surface area (Å²) in [6, 6.07) is 1.95. The first-order valence-electron chi connectivity index (χ1n) is 6.48. The fourth-order valence-corrected chi connectivity index (χ4v) is 2.41. The molecular formula is C13H20N4O. The Morgan fingerprint density at radius 3 is 3.00 bits per heavy atom. The number of hydrogen-bond donors (Lipinski definition) is 1. The van der Waals surface area contributed by atoms with Crippen LogP contribution in [0, 0.1) is 6.92 Å². The highest BCUT2D eigenvalue weighted by Gasteiger charge is 2.31. The van der Waals surface area contributed by atoms with E-state index in [1.54, 1.807) is 0 Å². The molecule has 1 amide bonds. The van der Waals surface area contributed by atoms with Crippen LogP contribution in [0.3, 0.4) is 0 Å². The van der Waals surface area contributed by atoms with Crippen molar-refractivity contribution in [3.63, 3.8) is 0 Å². The number of carbonyl (C=O) groups excluding carboxylic acids is 1. The average Bonchev–Trinajstić information content (AvgIpc) is 2.86. The number of carbonyl (C=O) groups is 1. The van der Waals surface area contributed by atoms with Crippen LogP contribution in [-0.4, -0.2) is 34.4 Å². The Hall–Kier alpha value is -1.65. The van der Waals surface area contributed by atoms with Gasteiger partial charge in [-0.2, -0.15) is 0 Å². The number of rotatable bonds is 3. The molecule has 0 bridgehead atoms. The average molecular weight is 248 g/mol. The summed E-state index contributed by atoms with van der Waals surface area (Å²) in [6.45, 7) is 4.67. The van der Waals surface area contributed by atoms with E-state index in [-0.39, 0.29) is 11.9 Å². The van der Waals surface area contributed by atoms with Gasteiger partial charge in [-0.3, -0.25) is 4.79 Å². The van der Waals surface area contributed by atoms with Gasteiger partial charge in [-0.05, 0) is 19.8 Å². The molecule has 0 aliphatic carbocycles. The van der Waals surface area contributed by atoms with Gasteiger partial charge in [0.05, 0.1) is 6.04 Å². The van der Waals surface area contributed by atoms with Crippen molar-refractivity contribution in [3.05, 3.63) is 17.6 Å². The molecule has 0 spiro atoms. The van der Waals surface area contributed by atoms with E-state index >= 15 is 0 Å². The molecule has 1 fully saturated rings. The highest BCUT2D eigenvalue weighted by molar-refractivity contribution is 5.76. The Balaban J connectivity index is 2.29. The Labute approximate surface area is 108 Å². The van der Waals surface area contributed by atoms with Gasteiger partial charge in [0.25, 0.3) is 0 Å². The highest BCUT2D eigenvalue weighted by Crippen LogP contribution is 2.30. The molecule has 2 heterocycles. The molecule has 98 valence electrons. The minimum absolute atomic E-state index is 0.0458. The zero-order valence-corrected chi connectivity index (χ0v) is 11.2. The maximum absolute atomic E-state index is 11.9. The summed E-state index contributed by atoms with van der Waals surface area (Å²) in [5, 5.41) is 3.04. The first kappa shape index (κ1) is 12.8. The van der Waals surface area contributed by atoms with E-state index in [0.29, 0.717) is 6.42 Å². The van der Waals surface area contributed by atoms with Crippen molar-refractivity contribution in [2.45, 2.75) is 39.2 Å². The molecule has 5 heteroatoms. The lowest BCUT2D eigenvalue weighted by Gasteiger charge is -2.23. The third-order valence-electron chi connectivity index (χ3n) is 3.30. The quantitative estimate of drug-likeness (QED) is 0.887. The van der Waals surface area contributed by atoms with Crippen molar-refractivity contribution in [2.75, 3.05) is 18.9 Å². The number of anilines is 1. The summed E-state index contributed by atoms with van der Waals surface area (Å²) in [5.41, 5.74) is 0.931. The van der Waals surface area contributed by atoms with Crippen molar-refractivity contribution in [2.24, 2.45) is 0 Å². The van der Waals surface area contributed by atoms with Crippen LogP contribution in [0.1, 0.15) is 43.7 Å². The summed E-state index contributed by atoms with van der Waals surface area (Å²) in [6.07, 6.45) is 2.53. The monoisotopic (exact) mass is 248 g/mol. The Morgan fingerprint density at radius 1 is 1.56 bits per heavy atom. The first-order chi connectivity index (χ1) is 8.65. The molecule has 2 rings (SSSR count). The second kappa shape index (κ2) is 5.33. The van der Waals surface area contributed by atoms with Crippen LogP contribution in [0.2, 0.25) is 0 Å². The largest absolute Gasteiger partial charge is 0.373 e. The summed E-state index contributed by atoms with van der Waals surface area (Å²) in [5.74, 6) is 1.76. The lowest BCUT2D eigenvalue weighted by Crippen LogP contribution is -2.31. The Bertz CT molecular complexity index is 447. The number of aromatic nitrogens is 2. The third kappa shape index (κ3) is 2.44. The minimum atomic E-state index is 0.0458. The molecular weight excluding hydrogens is 228 g/mol. The Kier molecular flexibility index (Phi) is 3.79. The fourth-order valence-electron chi connectivity index (χ4n) is 2.41. The van der Waals surface area contributed by atoms with E-state index in [2.05, 4.69) is 15.3 Å². The molecule has 1 atom stereocenters. The number of aryl methyl sites for hydroxylation is 1. The van der Waals surface area contributed by atoms with Gasteiger partial charge >= 0.3 is 0 Å². The standard InChI is InChI=1S/C13H20N4O/c1-4-12(18)17-7-5-6-10(17)13-15-9(2)8-11(14-3)16-13/h8,10H,4-7H2,1-3H3,(H,14,15,16)/t10-/m1/s1. The van der Waals surface area contributed by atoms with Crippen molar-refractivity contribution in [1.29, 1.82) is 0 Å². The van der Waals surface area contributed by atoms with Gasteiger partial charge in [0, 0.05) is 31.8 Å². The zero-order chi connectivity index (χ0) is 13.1. The first-order valence-corrected chi connectivity index (χ1v) is 6.48. The fraction of sp³-hybridized carbons (Fsp3) is 0.615. The molecule has 1 aromatic rings. The van der Waals surface area contributed by atoms with Gasteiger partial charge in [-0.15, -0.1) is 0 Å². The van der Waals surface area contributed by atoms with E-state index < -0.39 is 0 Å². The summed E-state index contributed by atoms with van der Waals surface area (Å²) >= 11 is 0. The summed E-state index contributed by atoms with van der Waals surface area (Å²) in [4.78, 5) is 22.8. The third-order valence-corrected chi connectivity index (χ3v) is 3.30. The number of likely N-dealkylation sites (tertiary alicyclic amines) is 1. The van der Waals surface area contributed by atoms with Crippen LogP contribution in [0.5, 0.6) is 0 Å². The SMILES string of the molecule is CCC(=O)N1CCC[C@@H]1c1nc(C)cc(NC)n1. The van der Waals surface area contributed by atoms with E-state index in [1.165, 1.54) is 0 Å². The summed E-state index contributed by atoms with van der Waals surface area (Å²) in [7, 11) is 1.84. The van der Waals surface area contributed by atoms with Crippen molar-refractivity contribution in [3.8, 4) is 0 Å². The molecule has 1 aromatic heterocycles. The Morgan fingerprint density at radius 2 is 2.33 bits per heavy atom. The second-order valence-electron chi connectivity index (χ2n) is 4.60. The van der Waals surface area contributed by atoms with Gasteiger partial charge in [0.1, 0.15) is 5.82 Å². The summed E-state index contributed by atoms with van der Waals surface area (Å²) < 4.78 is 0. The molecule has 18 heavy (non-hydrogen) atoms. The molecule has 0 radical (unpaired) electrons. The van der Waals surface area contributed by atoms with E-state index in [1.807, 2.05) is 31.9 Å². The van der Waals surface area contributed by atoms with Crippen LogP contribution in [0.15, 0.2) is 6.07 Å². The number of nitrogens with one attached hydrogen (secondary N) is 1. The molecule has 0 aromatic carbocycles. The highest BCUT2D eigenvalue weighted by atomic mass is 16.2. The van der Waals surface area contributed by atoms with Crippen LogP contribution < -0.4 is 5.32 Å². The number of nitrogens with zero attached hydrogens (tertiary/aromatic N) is 3. The van der Waals surface area contributed by atoms with Gasteiger partial charge in [-0.1, -0.05) is 6.92 Å². The lowest BCUT2D eigenvalue weighted by molar-refractivity contribution is -0.131. The van der Waals surface area contributed by atoms with Crippen LogP contribution in [0.25, 0.3) is 0 Å². The molecule has 1 aliphatic heterocycles. The van der Waals surface area contributed by atoms with Gasteiger partial charge in [0.2, 0.25) is 5.91 Å². The molecule has 0 saturated carbocycles. The smallest absolute Gasteiger partial charge is 0.222 e. The number of amides is 1. The lowest BCUT2D eigenvalue weighted by atomic mass is 10.2. The van der Waals surface area contributed by atoms with Gasteiger partial charge in [-0.25, -0.2) is 9.97 Å². The van der Waals surface area contributed by atoms with E-state index in [9.17, 15) is 4.79 Å². The molecule has 0 unspecified atom stereocenters. The van der Waals surface area contributed by atoms with Crippen molar-refractivity contribution >= 4 is 11.7 Å². The maximum Gasteiger partial charge on any atom is 0.222 e. The van der Waals surface area contributed by atoms with Crippen molar-refractivity contribution < 1.29 is 4.79 Å². The second-order valence-corrected chi connectivity index (χ2v) is 4.60. The molecule has 1 aliphatic rings. The maximum atomic E-state index is 11.9. The van der Waals surface area contributed by atoms with E-state index in [4.69, 9.17) is 0 Å².